The topological polar surface area (TPSA) is 60.0 Å². The Bertz CT molecular complexity index is 388. The van der Waals surface area contributed by atoms with Crippen LogP contribution in [0.4, 0.5) is 0 Å². The summed E-state index contributed by atoms with van der Waals surface area (Å²) in [5, 5.41) is 8.15. The Morgan fingerprint density at radius 3 is 2.94 bits per heavy atom. The number of hydrogen-bond donors (Lipinski definition) is 1. The minimum absolute atomic E-state index is 0.148. The van der Waals surface area contributed by atoms with Crippen molar-refractivity contribution in [1.29, 1.82) is 0 Å². The second kappa shape index (κ2) is 5.36. The summed E-state index contributed by atoms with van der Waals surface area (Å²) in [6, 6.07) is 0. The van der Waals surface area contributed by atoms with Gasteiger partial charge in [0.1, 0.15) is 0 Å². The third kappa shape index (κ3) is 2.72. The van der Waals surface area contributed by atoms with Gasteiger partial charge in [0.25, 0.3) is 0 Å². The molecule has 2 rings (SSSR count). The third-order valence-corrected chi connectivity index (χ3v) is 4.31. The zero-order valence-electron chi connectivity index (χ0n) is 11.8. The van der Waals surface area contributed by atoms with E-state index in [1.54, 1.807) is 4.68 Å². The lowest BCUT2D eigenvalue weighted by Crippen LogP contribution is -2.54. The maximum absolute atomic E-state index is 6.08. The van der Waals surface area contributed by atoms with Crippen molar-refractivity contribution in [1.82, 2.24) is 19.9 Å². The van der Waals surface area contributed by atoms with Gasteiger partial charge in [-0.3, -0.25) is 9.58 Å². The first-order valence-electron chi connectivity index (χ1n) is 6.82. The first kappa shape index (κ1) is 13.5. The molecule has 1 aliphatic rings. The van der Waals surface area contributed by atoms with E-state index in [-0.39, 0.29) is 5.54 Å². The van der Waals surface area contributed by atoms with Crippen LogP contribution in [0.5, 0.6) is 0 Å². The Kier molecular flexibility index (Phi) is 4.02. The van der Waals surface area contributed by atoms with Gasteiger partial charge in [0.2, 0.25) is 0 Å². The zero-order valence-corrected chi connectivity index (χ0v) is 11.8. The Morgan fingerprint density at radius 1 is 1.61 bits per heavy atom. The number of hydrogen-bond acceptors (Lipinski definition) is 4. The lowest BCUT2D eigenvalue weighted by molar-refractivity contribution is 0.0544. The van der Waals surface area contributed by atoms with Crippen LogP contribution in [0.1, 0.15) is 38.3 Å². The average Bonchev–Trinajstić information content (AvgIpc) is 2.74. The van der Waals surface area contributed by atoms with Gasteiger partial charge in [-0.2, -0.15) is 0 Å². The van der Waals surface area contributed by atoms with Gasteiger partial charge in [0.05, 0.1) is 5.69 Å². The van der Waals surface area contributed by atoms with Crippen molar-refractivity contribution in [2.45, 2.75) is 44.7 Å². The lowest BCUT2D eigenvalue weighted by atomic mass is 9.75. The van der Waals surface area contributed by atoms with Crippen molar-refractivity contribution >= 4 is 0 Å². The molecule has 0 spiro atoms. The minimum atomic E-state index is 0.148. The van der Waals surface area contributed by atoms with Crippen LogP contribution in [0.15, 0.2) is 6.20 Å². The molecule has 102 valence electrons. The molecule has 0 aromatic carbocycles. The van der Waals surface area contributed by atoms with Crippen molar-refractivity contribution in [3.8, 4) is 0 Å². The zero-order chi connectivity index (χ0) is 13.2. The first-order chi connectivity index (χ1) is 8.55. The number of rotatable bonds is 4. The summed E-state index contributed by atoms with van der Waals surface area (Å²) >= 11 is 0. The number of aryl methyl sites for hydroxylation is 1. The van der Waals surface area contributed by atoms with E-state index in [4.69, 9.17) is 5.73 Å². The maximum atomic E-state index is 6.08. The smallest absolute Gasteiger partial charge is 0.0967 e. The van der Waals surface area contributed by atoms with Crippen LogP contribution in [0.3, 0.4) is 0 Å². The van der Waals surface area contributed by atoms with Crippen LogP contribution in [0.2, 0.25) is 0 Å². The molecule has 0 amide bonds. The highest BCUT2D eigenvalue weighted by atomic mass is 15.4. The van der Waals surface area contributed by atoms with E-state index in [0.29, 0.717) is 0 Å². The van der Waals surface area contributed by atoms with Crippen LogP contribution < -0.4 is 5.73 Å². The molecule has 1 aromatic heterocycles. The Labute approximate surface area is 109 Å². The van der Waals surface area contributed by atoms with E-state index < -0.39 is 0 Å². The number of aromatic nitrogens is 3. The molecule has 1 saturated carbocycles. The summed E-state index contributed by atoms with van der Waals surface area (Å²) in [6.45, 7) is 3.89. The first-order valence-corrected chi connectivity index (χ1v) is 6.82. The standard InChI is InChI=1S/C13H25N5/c1-11-5-4-6-13(7-11,10-14)17(2)8-12-9-18(3)16-15-12/h9,11H,4-8,10,14H2,1-3H3. The van der Waals surface area contributed by atoms with E-state index in [2.05, 4.69) is 29.2 Å². The molecule has 5 nitrogen and oxygen atoms in total. The van der Waals surface area contributed by atoms with Crippen molar-refractivity contribution in [3.05, 3.63) is 11.9 Å². The molecule has 0 bridgehead atoms. The van der Waals surface area contributed by atoms with Crippen LogP contribution in [0.25, 0.3) is 0 Å². The minimum Gasteiger partial charge on any atom is -0.329 e. The van der Waals surface area contributed by atoms with Gasteiger partial charge in [0, 0.05) is 31.9 Å². The second-order valence-electron chi connectivity index (χ2n) is 5.87. The lowest BCUT2D eigenvalue weighted by Gasteiger charge is -2.46. The van der Waals surface area contributed by atoms with Gasteiger partial charge < -0.3 is 5.73 Å². The van der Waals surface area contributed by atoms with E-state index in [1.165, 1.54) is 25.7 Å². The van der Waals surface area contributed by atoms with Gasteiger partial charge in [-0.25, -0.2) is 0 Å². The van der Waals surface area contributed by atoms with Crippen LogP contribution in [-0.2, 0) is 13.6 Å². The molecule has 1 fully saturated rings. The fourth-order valence-corrected chi connectivity index (χ4v) is 3.20. The van der Waals surface area contributed by atoms with Gasteiger partial charge in [-0.05, 0) is 25.8 Å². The normalized spacial score (nSPS) is 28.8. The van der Waals surface area contributed by atoms with E-state index >= 15 is 0 Å². The molecule has 2 N–H and O–H groups in total. The summed E-state index contributed by atoms with van der Waals surface area (Å²) in [4.78, 5) is 2.38. The van der Waals surface area contributed by atoms with Crippen molar-refractivity contribution in [3.63, 3.8) is 0 Å². The van der Waals surface area contributed by atoms with Crippen molar-refractivity contribution in [2.75, 3.05) is 13.6 Å². The Hall–Kier alpha value is -0.940. The molecule has 2 unspecified atom stereocenters. The Balaban J connectivity index is 2.07. The monoisotopic (exact) mass is 251 g/mol. The van der Waals surface area contributed by atoms with Crippen LogP contribution >= 0.6 is 0 Å². The third-order valence-electron chi connectivity index (χ3n) is 4.31. The predicted octanol–water partition coefficient (Wildman–Crippen LogP) is 1.15. The fourth-order valence-electron chi connectivity index (χ4n) is 3.20. The summed E-state index contributed by atoms with van der Waals surface area (Å²) < 4.78 is 1.75. The van der Waals surface area contributed by atoms with E-state index in [0.717, 1.165) is 24.7 Å². The largest absolute Gasteiger partial charge is 0.329 e. The molecular weight excluding hydrogens is 226 g/mol. The van der Waals surface area contributed by atoms with Gasteiger partial charge in [-0.15, -0.1) is 5.10 Å². The molecule has 18 heavy (non-hydrogen) atoms. The van der Waals surface area contributed by atoms with Crippen molar-refractivity contribution in [2.24, 2.45) is 18.7 Å². The second-order valence-corrected chi connectivity index (χ2v) is 5.87. The average molecular weight is 251 g/mol. The highest BCUT2D eigenvalue weighted by Gasteiger charge is 2.37. The fraction of sp³-hybridized carbons (Fsp3) is 0.846. The molecule has 5 heteroatoms. The highest BCUT2D eigenvalue weighted by molar-refractivity contribution is 4.99. The molecule has 1 aromatic rings. The van der Waals surface area contributed by atoms with Crippen molar-refractivity contribution < 1.29 is 0 Å². The van der Waals surface area contributed by atoms with E-state index in [9.17, 15) is 0 Å². The number of likely N-dealkylation sites (N-methyl/N-ethyl adjacent to an activating group) is 1. The maximum Gasteiger partial charge on any atom is 0.0967 e. The summed E-state index contributed by atoms with van der Waals surface area (Å²) in [7, 11) is 4.07. The molecule has 0 saturated heterocycles. The van der Waals surface area contributed by atoms with Gasteiger partial charge in [0.15, 0.2) is 0 Å². The van der Waals surface area contributed by atoms with Crippen LogP contribution in [-0.4, -0.2) is 39.0 Å². The summed E-state index contributed by atoms with van der Waals surface area (Å²) in [5.41, 5.74) is 7.24. The molecule has 0 aliphatic heterocycles. The SMILES string of the molecule is CC1CCCC(CN)(N(C)Cc2cn(C)nn2)C1. The molecular formula is C13H25N5. The van der Waals surface area contributed by atoms with Gasteiger partial charge >= 0.3 is 0 Å². The van der Waals surface area contributed by atoms with Crippen LogP contribution in [0, 0.1) is 5.92 Å². The highest BCUT2D eigenvalue weighted by Crippen LogP contribution is 2.36. The predicted molar refractivity (Wildman–Crippen MR) is 71.9 cm³/mol. The van der Waals surface area contributed by atoms with Gasteiger partial charge in [-0.1, -0.05) is 25.0 Å². The quantitative estimate of drug-likeness (QED) is 0.872. The molecule has 2 atom stereocenters. The molecule has 1 heterocycles. The molecule has 0 radical (unpaired) electrons. The number of nitrogens with zero attached hydrogens (tertiary/aromatic N) is 4. The number of nitrogens with two attached hydrogens (primary N) is 1. The Morgan fingerprint density at radius 2 is 2.39 bits per heavy atom. The summed E-state index contributed by atoms with van der Waals surface area (Å²) in [6.07, 6.45) is 6.99. The van der Waals surface area contributed by atoms with E-state index in [1.807, 2.05) is 13.2 Å². The summed E-state index contributed by atoms with van der Waals surface area (Å²) in [5.74, 6) is 0.770. The molecule has 1 aliphatic carbocycles.